The number of hydrogen-bond donors (Lipinski definition) is 1. The van der Waals surface area contributed by atoms with Crippen LogP contribution in [0.25, 0.3) is 0 Å². The Kier molecular flexibility index (Phi) is 9.07. The normalized spacial score (nSPS) is 10.6. The number of hydrogen-bond acceptors (Lipinski definition) is 3. The molecule has 0 aliphatic carbocycles. The number of unbranched alkanes of at least 4 members (excludes halogenated alkanes) is 4. The van der Waals surface area contributed by atoms with Gasteiger partial charge in [0.25, 0.3) is 0 Å². The van der Waals surface area contributed by atoms with E-state index in [-0.39, 0.29) is 0 Å². The fraction of sp³-hybridized carbons (Fsp3) is 0.688. The average molecular weight is 264 g/mol. The second-order valence-electron chi connectivity index (χ2n) is 4.90. The molecule has 19 heavy (non-hydrogen) atoms. The standard InChI is InChI=1S/C16H28N2O/c1-3-5-6-7-8-13-19-14-15-10-9-12-18-16(15)17-11-4-2/h9-10,12H,3-8,11,13-14H2,1-2H3,(H,17,18). The summed E-state index contributed by atoms with van der Waals surface area (Å²) >= 11 is 0. The fourth-order valence-electron chi connectivity index (χ4n) is 1.95. The molecule has 1 aromatic heterocycles. The lowest BCUT2D eigenvalue weighted by molar-refractivity contribution is 0.117. The van der Waals surface area contributed by atoms with E-state index in [1.165, 1.54) is 25.7 Å². The molecule has 1 N–H and O–H groups in total. The molecule has 0 fully saturated rings. The molecule has 1 aromatic rings. The SMILES string of the molecule is CCCCCCCOCc1cccnc1NCCC. The molecule has 0 aliphatic rings. The summed E-state index contributed by atoms with van der Waals surface area (Å²) in [6, 6.07) is 4.05. The van der Waals surface area contributed by atoms with Gasteiger partial charge in [0.2, 0.25) is 0 Å². The van der Waals surface area contributed by atoms with Gasteiger partial charge in [0.05, 0.1) is 6.61 Å². The summed E-state index contributed by atoms with van der Waals surface area (Å²) < 4.78 is 5.74. The number of nitrogens with one attached hydrogen (secondary N) is 1. The van der Waals surface area contributed by atoms with Crippen molar-refractivity contribution in [1.82, 2.24) is 4.98 Å². The van der Waals surface area contributed by atoms with E-state index in [0.717, 1.165) is 37.4 Å². The van der Waals surface area contributed by atoms with Gasteiger partial charge in [-0.05, 0) is 18.9 Å². The summed E-state index contributed by atoms with van der Waals surface area (Å²) in [5, 5.41) is 3.34. The first-order valence-corrected chi connectivity index (χ1v) is 7.64. The summed E-state index contributed by atoms with van der Waals surface area (Å²) in [6.07, 6.45) is 9.34. The number of ether oxygens (including phenoxy) is 1. The van der Waals surface area contributed by atoms with Crippen LogP contribution in [0, 0.1) is 0 Å². The molecular weight excluding hydrogens is 236 g/mol. The first kappa shape index (κ1) is 16.0. The molecule has 0 saturated carbocycles. The molecule has 3 heteroatoms. The van der Waals surface area contributed by atoms with Crippen LogP contribution in [0.3, 0.4) is 0 Å². The van der Waals surface area contributed by atoms with Crippen LogP contribution in [0.15, 0.2) is 18.3 Å². The number of aromatic nitrogens is 1. The number of anilines is 1. The van der Waals surface area contributed by atoms with Crippen molar-refractivity contribution in [2.24, 2.45) is 0 Å². The van der Waals surface area contributed by atoms with Crippen LogP contribution in [-0.4, -0.2) is 18.1 Å². The summed E-state index contributed by atoms with van der Waals surface area (Å²) in [5.41, 5.74) is 1.16. The van der Waals surface area contributed by atoms with E-state index in [1.807, 2.05) is 12.3 Å². The second kappa shape index (κ2) is 10.8. The Hall–Kier alpha value is -1.09. The van der Waals surface area contributed by atoms with Crippen LogP contribution in [-0.2, 0) is 11.3 Å². The third-order valence-electron chi connectivity index (χ3n) is 3.08. The zero-order chi connectivity index (χ0) is 13.8. The predicted molar refractivity (Wildman–Crippen MR) is 81.4 cm³/mol. The van der Waals surface area contributed by atoms with Gasteiger partial charge in [-0.2, -0.15) is 0 Å². The van der Waals surface area contributed by atoms with Crippen LogP contribution in [0.5, 0.6) is 0 Å². The van der Waals surface area contributed by atoms with Gasteiger partial charge in [0, 0.05) is 24.9 Å². The third kappa shape index (κ3) is 7.16. The van der Waals surface area contributed by atoms with Gasteiger partial charge in [-0.1, -0.05) is 45.6 Å². The Balaban J connectivity index is 2.21. The molecule has 0 aliphatic heterocycles. The average Bonchev–Trinajstić information content (AvgIpc) is 2.45. The Labute approximate surface area is 117 Å². The number of rotatable bonds is 11. The molecular formula is C16H28N2O. The topological polar surface area (TPSA) is 34.1 Å². The molecule has 0 spiro atoms. The highest BCUT2D eigenvalue weighted by Crippen LogP contribution is 2.13. The smallest absolute Gasteiger partial charge is 0.131 e. The van der Waals surface area contributed by atoms with E-state index in [2.05, 4.69) is 30.2 Å². The molecule has 0 radical (unpaired) electrons. The molecule has 3 nitrogen and oxygen atoms in total. The molecule has 0 saturated heterocycles. The zero-order valence-corrected chi connectivity index (χ0v) is 12.5. The van der Waals surface area contributed by atoms with Crippen molar-refractivity contribution in [1.29, 1.82) is 0 Å². The highest BCUT2D eigenvalue weighted by atomic mass is 16.5. The third-order valence-corrected chi connectivity index (χ3v) is 3.08. The fourth-order valence-corrected chi connectivity index (χ4v) is 1.95. The van der Waals surface area contributed by atoms with Crippen molar-refractivity contribution in [3.8, 4) is 0 Å². The van der Waals surface area contributed by atoms with Crippen molar-refractivity contribution >= 4 is 5.82 Å². The number of pyridine rings is 1. The van der Waals surface area contributed by atoms with Gasteiger partial charge in [-0.15, -0.1) is 0 Å². The van der Waals surface area contributed by atoms with Crippen molar-refractivity contribution in [2.75, 3.05) is 18.5 Å². The van der Waals surface area contributed by atoms with Crippen LogP contribution >= 0.6 is 0 Å². The first-order valence-electron chi connectivity index (χ1n) is 7.64. The Bertz CT molecular complexity index is 328. The summed E-state index contributed by atoms with van der Waals surface area (Å²) in [6.45, 7) is 6.87. The van der Waals surface area contributed by atoms with Crippen molar-refractivity contribution in [2.45, 2.75) is 59.0 Å². The quantitative estimate of drug-likeness (QED) is 0.602. The monoisotopic (exact) mass is 264 g/mol. The molecule has 0 bridgehead atoms. The van der Waals surface area contributed by atoms with Crippen LogP contribution in [0.4, 0.5) is 5.82 Å². The minimum absolute atomic E-state index is 0.660. The molecule has 0 aromatic carbocycles. The molecule has 0 amide bonds. The van der Waals surface area contributed by atoms with Crippen molar-refractivity contribution in [3.63, 3.8) is 0 Å². The van der Waals surface area contributed by atoms with E-state index < -0.39 is 0 Å². The lowest BCUT2D eigenvalue weighted by Crippen LogP contribution is -2.06. The van der Waals surface area contributed by atoms with Crippen molar-refractivity contribution < 1.29 is 4.74 Å². The molecule has 0 unspecified atom stereocenters. The van der Waals surface area contributed by atoms with E-state index >= 15 is 0 Å². The van der Waals surface area contributed by atoms with E-state index in [1.54, 1.807) is 0 Å². The molecule has 0 atom stereocenters. The van der Waals surface area contributed by atoms with E-state index in [0.29, 0.717) is 6.61 Å². The molecule has 108 valence electrons. The maximum Gasteiger partial charge on any atom is 0.131 e. The lowest BCUT2D eigenvalue weighted by Gasteiger charge is -2.10. The number of nitrogens with zero attached hydrogens (tertiary/aromatic N) is 1. The first-order chi connectivity index (χ1) is 9.38. The zero-order valence-electron chi connectivity index (χ0n) is 12.5. The van der Waals surface area contributed by atoms with Gasteiger partial charge in [0.15, 0.2) is 0 Å². The van der Waals surface area contributed by atoms with E-state index in [9.17, 15) is 0 Å². The summed E-state index contributed by atoms with van der Waals surface area (Å²) in [7, 11) is 0. The molecule has 1 rings (SSSR count). The molecule has 1 heterocycles. The Morgan fingerprint density at radius 1 is 1.11 bits per heavy atom. The van der Waals surface area contributed by atoms with Gasteiger partial charge in [0.1, 0.15) is 5.82 Å². The summed E-state index contributed by atoms with van der Waals surface area (Å²) in [5.74, 6) is 0.968. The minimum Gasteiger partial charge on any atom is -0.377 e. The van der Waals surface area contributed by atoms with Gasteiger partial charge in [-0.25, -0.2) is 4.98 Å². The van der Waals surface area contributed by atoms with Gasteiger partial charge < -0.3 is 10.1 Å². The second-order valence-corrected chi connectivity index (χ2v) is 4.90. The Morgan fingerprint density at radius 2 is 1.95 bits per heavy atom. The van der Waals surface area contributed by atoms with Crippen molar-refractivity contribution in [3.05, 3.63) is 23.9 Å². The summed E-state index contributed by atoms with van der Waals surface area (Å²) in [4.78, 5) is 4.36. The highest BCUT2D eigenvalue weighted by Gasteiger charge is 2.02. The van der Waals surface area contributed by atoms with Gasteiger partial charge >= 0.3 is 0 Å². The van der Waals surface area contributed by atoms with Crippen LogP contribution < -0.4 is 5.32 Å². The minimum atomic E-state index is 0.660. The largest absolute Gasteiger partial charge is 0.377 e. The lowest BCUT2D eigenvalue weighted by atomic mass is 10.2. The highest BCUT2D eigenvalue weighted by molar-refractivity contribution is 5.43. The van der Waals surface area contributed by atoms with Gasteiger partial charge in [-0.3, -0.25) is 0 Å². The van der Waals surface area contributed by atoms with Crippen LogP contribution in [0.2, 0.25) is 0 Å². The van der Waals surface area contributed by atoms with Crippen LogP contribution in [0.1, 0.15) is 57.9 Å². The van der Waals surface area contributed by atoms with E-state index in [4.69, 9.17) is 4.74 Å². The predicted octanol–water partition coefficient (Wildman–Crippen LogP) is 4.39. The maximum absolute atomic E-state index is 5.74. The Morgan fingerprint density at radius 3 is 2.74 bits per heavy atom. The maximum atomic E-state index is 5.74.